The van der Waals surface area contributed by atoms with Crippen molar-refractivity contribution in [1.82, 2.24) is 9.88 Å². The first-order valence-electron chi connectivity index (χ1n) is 5.93. The van der Waals surface area contributed by atoms with Gasteiger partial charge in [-0.15, -0.1) is 0 Å². The molecule has 1 aliphatic heterocycles. The number of piperidine rings is 1. The predicted molar refractivity (Wildman–Crippen MR) is 65.9 cm³/mol. The molecule has 0 bridgehead atoms. The van der Waals surface area contributed by atoms with Crippen molar-refractivity contribution in [1.29, 1.82) is 5.26 Å². The summed E-state index contributed by atoms with van der Waals surface area (Å²) < 4.78 is 0. The molecule has 0 aliphatic carbocycles. The number of nitrogens with one attached hydrogen (secondary N) is 1. The van der Waals surface area contributed by atoms with E-state index >= 15 is 0 Å². The molecule has 1 N–H and O–H groups in total. The van der Waals surface area contributed by atoms with Crippen molar-refractivity contribution in [3.63, 3.8) is 0 Å². The van der Waals surface area contributed by atoms with Gasteiger partial charge < -0.3 is 9.88 Å². The van der Waals surface area contributed by atoms with Gasteiger partial charge in [0, 0.05) is 31.5 Å². The third-order valence-electron chi connectivity index (χ3n) is 3.48. The first kappa shape index (κ1) is 12.4. The number of rotatable bonds is 1. The smallest absolute Gasteiger partial charge is 0.259 e. The van der Waals surface area contributed by atoms with E-state index in [1.807, 2.05) is 6.92 Å². The van der Waals surface area contributed by atoms with Gasteiger partial charge in [0.25, 0.3) is 5.91 Å². The Labute approximate surface area is 105 Å². The van der Waals surface area contributed by atoms with Gasteiger partial charge in [-0.3, -0.25) is 9.59 Å². The summed E-state index contributed by atoms with van der Waals surface area (Å²) in [5, 5.41) is 9.03. The van der Waals surface area contributed by atoms with Crippen LogP contribution in [0.2, 0.25) is 0 Å². The zero-order valence-corrected chi connectivity index (χ0v) is 10.3. The van der Waals surface area contributed by atoms with E-state index in [4.69, 9.17) is 5.26 Å². The summed E-state index contributed by atoms with van der Waals surface area (Å²) in [4.78, 5) is 28.1. The summed E-state index contributed by atoms with van der Waals surface area (Å²) in [6, 6.07) is 3.63. The molecule has 2 heterocycles. The Bertz CT molecular complexity index is 548. The summed E-state index contributed by atoms with van der Waals surface area (Å²) in [7, 11) is 0. The van der Waals surface area contributed by atoms with Gasteiger partial charge in [-0.2, -0.15) is 5.26 Å². The Hall–Kier alpha value is -2.09. The third kappa shape index (κ3) is 2.28. The van der Waals surface area contributed by atoms with Crippen LogP contribution in [0.4, 0.5) is 0 Å². The number of nitriles is 1. The fraction of sp³-hybridized carbons (Fsp3) is 0.462. The van der Waals surface area contributed by atoms with Crippen LogP contribution in [0.15, 0.2) is 23.3 Å². The molecule has 1 aromatic heterocycles. The lowest BCUT2D eigenvalue weighted by Crippen LogP contribution is -2.43. The average Bonchev–Trinajstić information content (AvgIpc) is 2.39. The number of carbonyl (C=O) groups is 1. The number of likely N-dealkylation sites (tertiary alicyclic amines) is 1. The molecule has 1 aliphatic rings. The number of amides is 1. The van der Waals surface area contributed by atoms with Crippen LogP contribution in [0.3, 0.4) is 0 Å². The number of H-pyrrole nitrogens is 1. The SMILES string of the molecule is CC1(C#N)CCN(C(=O)c2c[nH]ccc2=O)CC1. The monoisotopic (exact) mass is 245 g/mol. The maximum absolute atomic E-state index is 12.1. The molecule has 0 spiro atoms. The van der Waals surface area contributed by atoms with E-state index < -0.39 is 0 Å². The maximum atomic E-state index is 12.1. The number of pyridine rings is 1. The molecule has 1 aromatic rings. The first-order valence-corrected chi connectivity index (χ1v) is 5.93. The molecule has 2 rings (SSSR count). The second-order valence-electron chi connectivity index (χ2n) is 4.89. The third-order valence-corrected chi connectivity index (χ3v) is 3.48. The van der Waals surface area contributed by atoms with Crippen molar-refractivity contribution in [3.05, 3.63) is 34.2 Å². The van der Waals surface area contributed by atoms with E-state index in [0.29, 0.717) is 25.9 Å². The Morgan fingerprint density at radius 2 is 2.17 bits per heavy atom. The minimum absolute atomic E-state index is 0.165. The van der Waals surface area contributed by atoms with Gasteiger partial charge in [-0.1, -0.05) is 0 Å². The number of aromatic amines is 1. The lowest BCUT2D eigenvalue weighted by molar-refractivity contribution is 0.0660. The molecule has 94 valence electrons. The van der Waals surface area contributed by atoms with E-state index in [0.717, 1.165) is 0 Å². The summed E-state index contributed by atoms with van der Waals surface area (Å²) in [5.74, 6) is -0.253. The standard InChI is InChI=1S/C13H15N3O2/c1-13(9-14)3-6-16(7-4-13)12(18)10-8-15-5-2-11(10)17/h2,5,8H,3-4,6-7H2,1H3,(H,15,17). The topological polar surface area (TPSA) is 77.0 Å². The highest BCUT2D eigenvalue weighted by Crippen LogP contribution is 2.30. The van der Waals surface area contributed by atoms with Crippen LogP contribution in [0.25, 0.3) is 0 Å². The van der Waals surface area contributed by atoms with E-state index in [-0.39, 0.29) is 22.3 Å². The molecule has 0 unspecified atom stereocenters. The van der Waals surface area contributed by atoms with Crippen molar-refractivity contribution >= 4 is 5.91 Å². The molecule has 0 aromatic carbocycles. The van der Waals surface area contributed by atoms with Gasteiger partial charge in [-0.25, -0.2) is 0 Å². The fourth-order valence-corrected chi connectivity index (χ4v) is 2.07. The van der Waals surface area contributed by atoms with Crippen LogP contribution >= 0.6 is 0 Å². The zero-order valence-electron chi connectivity index (χ0n) is 10.3. The Morgan fingerprint density at radius 1 is 1.50 bits per heavy atom. The van der Waals surface area contributed by atoms with Crippen molar-refractivity contribution < 1.29 is 4.79 Å². The van der Waals surface area contributed by atoms with Crippen molar-refractivity contribution in [2.75, 3.05) is 13.1 Å². The summed E-state index contributed by atoms with van der Waals surface area (Å²) in [6.45, 7) is 2.96. The van der Waals surface area contributed by atoms with Crippen LogP contribution in [-0.4, -0.2) is 28.9 Å². The summed E-state index contributed by atoms with van der Waals surface area (Å²) >= 11 is 0. The Kier molecular flexibility index (Phi) is 3.19. The van der Waals surface area contributed by atoms with Crippen molar-refractivity contribution in [3.8, 4) is 6.07 Å². The first-order chi connectivity index (χ1) is 8.56. The van der Waals surface area contributed by atoms with E-state index in [2.05, 4.69) is 11.1 Å². The van der Waals surface area contributed by atoms with Gasteiger partial charge in [0.1, 0.15) is 5.56 Å². The molecule has 1 amide bonds. The largest absolute Gasteiger partial charge is 0.367 e. The number of hydrogen-bond donors (Lipinski definition) is 1. The van der Waals surface area contributed by atoms with Gasteiger partial charge in [-0.05, 0) is 19.8 Å². The predicted octanol–water partition coefficient (Wildman–Crippen LogP) is 1.14. The molecular weight excluding hydrogens is 230 g/mol. The molecule has 5 heteroatoms. The van der Waals surface area contributed by atoms with Crippen LogP contribution in [0, 0.1) is 16.7 Å². The van der Waals surface area contributed by atoms with E-state index in [1.54, 1.807) is 4.90 Å². The van der Waals surface area contributed by atoms with Crippen molar-refractivity contribution in [2.24, 2.45) is 5.41 Å². The van der Waals surface area contributed by atoms with Gasteiger partial charge >= 0.3 is 0 Å². The minimum Gasteiger partial charge on any atom is -0.367 e. The van der Waals surface area contributed by atoms with Crippen LogP contribution in [0.5, 0.6) is 0 Å². The number of carbonyl (C=O) groups excluding carboxylic acids is 1. The molecule has 18 heavy (non-hydrogen) atoms. The number of nitrogens with zero attached hydrogens (tertiary/aromatic N) is 2. The normalized spacial score (nSPS) is 18.1. The van der Waals surface area contributed by atoms with E-state index in [9.17, 15) is 9.59 Å². The highest BCUT2D eigenvalue weighted by molar-refractivity contribution is 5.93. The lowest BCUT2D eigenvalue weighted by atomic mass is 9.82. The van der Waals surface area contributed by atoms with Crippen LogP contribution < -0.4 is 5.43 Å². The molecule has 0 saturated carbocycles. The fourth-order valence-electron chi connectivity index (χ4n) is 2.07. The van der Waals surface area contributed by atoms with Gasteiger partial charge in [0.2, 0.25) is 0 Å². The summed E-state index contributed by atoms with van der Waals surface area (Å²) in [5.41, 5.74) is -0.453. The number of aromatic nitrogens is 1. The average molecular weight is 245 g/mol. The quantitative estimate of drug-likeness (QED) is 0.806. The van der Waals surface area contributed by atoms with Crippen molar-refractivity contribution in [2.45, 2.75) is 19.8 Å². The molecule has 5 nitrogen and oxygen atoms in total. The molecule has 1 saturated heterocycles. The van der Waals surface area contributed by atoms with Crippen LogP contribution in [0.1, 0.15) is 30.1 Å². The molecule has 1 fully saturated rings. The molecule has 0 radical (unpaired) electrons. The second-order valence-corrected chi connectivity index (χ2v) is 4.89. The van der Waals surface area contributed by atoms with E-state index in [1.165, 1.54) is 18.5 Å². The Morgan fingerprint density at radius 3 is 2.72 bits per heavy atom. The molecule has 0 atom stereocenters. The number of hydrogen-bond acceptors (Lipinski definition) is 3. The highest BCUT2D eigenvalue weighted by Gasteiger charge is 2.32. The second kappa shape index (κ2) is 4.65. The lowest BCUT2D eigenvalue weighted by Gasteiger charge is -2.34. The van der Waals surface area contributed by atoms with Gasteiger partial charge in [0.15, 0.2) is 5.43 Å². The Balaban J connectivity index is 2.12. The maximum Gasteiger partial charge on any atom is 0.259 e. The van der Waals surface area contributed by atoms with Gasteiger partial charge in [0.05, 0.1) is 11.5 Å². The highest BCUT2D eigenvalue weighted by atomic mass is 16.2. The van der Waals surface area contributed by atoms with Crippen LogP contribution in [-0.2, 0) is 0 Å². The summed E-state index contributed by atoms with van der Waals surface area (Å²) in [6.07, 6.45) is 4.24. The molecular formula is C13H15N3O2. The minimum atomic E-state index is -0.347. The zero-order chi connectivity index (χ0) is 13.2.